The molecule has 104 valence electrons. The Bertz CT molecular complexity index is 399. The Hall–Kier alpha value is -0.790. The summed E-state index contributed by atoms with van der Waals surface area (Å²) in [7, 11) is 0. The summed E-state index contributed by atoms with van der Waals surface area (Å²) in [5, 5.41) is -0.434. The molecule has 0 saturated carbocycles. The molecule has 0 amide bonds. The molecule has 0 aliphatic rings. The molecule has 0 aliphatic heterocycles. The van der Waals surface area contributed by atoms with E-state index >= 15 is 0 Å². The minimum atomic E-state index is -4.89. The third-order valence-corrected chi connectivity index (χ3v) is 2.13. The molecule has 1 aromatic carbocycles. The predicted octanol–water partition coefficient (Wildman–Crippen LogP) is 3.93. The molecule has 0 radical (unpaired) electrons. The third kappa shape index (κ3) is 4.83. The molecule has 2 nitrogen and oxygen atoms in total. The zero-order valence-electron chi connectivity index (χ0n) is 8.55. The largest absolute Gasteiger partial charge is 0.573 e. The summed E-state index contributed by atoms with van der Waals surface area (Å²) in [5.74, 6) is -0.663. The fourth-order valence-electron chi connectivity index (χ4n) is 1.08. The van der Waals surface area contributed by atoms with Crippen LogP contribution >= 0.6 is 24.0 Å². The summed E-state index contributed by atoms with van der Waals surface area (Å²) in [4.78, 5) is 0. The van der Waals surface area contributed by atoms with Crippen molar-refractivity contribution in [3.05, 3.63) is 28.8 Å². The Morgan fingerprint density at radius 3 is 2.17 bits per heavy atom. The Morgan fingerprint density at radius 1 is 1.22 bits per heavy atom. The van der Waals surface area contributed by atoms with E-state index in [4.69, 9.17) is 17.3 Å². The van der Waals surface area contributed by atoms with Gasteiger partial charge in [0.25, 0.3) is 6.43 Å². The first-order valence-corrected chi connectivity index (χ1v) is 4.67. The first kappa shape index (κ1) is 17.2. The molecule has 1 rings (SSSR count). The van der Waals surface area contributed by atoms with E-state index in [0.29, 0.717) is 0 Å². The van der Waals surface area contributed by atoms with Crippen LogP contribution in [0.2, 0.25) is 5.02 Å². The van der Waals surface area contributed by atoms with Gasteiger partial charge in [0.15, 0.2) is 0 Å². The van der Waals surface area contributed by atoms with Crippen molar-refractivity contribution in [3.63, 3.8) is 0 Å². The van der Waals surface area contributed by atoms with E-state index in [1.807, 2.05) is 0 Å². The Balaban J connectivity index is 0.00000289. The van der Waals surface area contributed by atoms with Crippen molar-refractivity contribution < 1.29 is 26.7 Å². The van der Waals surface area contributed by atoms with Crippen molar-refractivity contribution >= 4 is 24.0 Å². The maximum Gasteiger partial charge on any atom is 0.573 e. The van der Waals surface area contributed by atoms with Gasteiger partial charge in [-0.2, -0.15) is 0 Å². The average molecular weight is 312 g/mol. The highest BCUT2D eigenvalue weighted by Crippen LogP contribution is 2.32. The standard InChI is InChI=1S/C9H7ClF5NO.ClH/c10-5-3-4(7(16)8(11)12)1-2-6(5)17-9(13,14)15;/h1-3,7-8H,16H2;1H/t7-;/m1./s1. The fourth-order valence-corrected chi connectivity index (χ4v) is 1.30. The molecule has 0 heterocycles. The normalized spacial score (nSPS) is 13.1. The van der Waals surface area contributed by atoms with Gasteiger partial charge in [0.1, 0.15) is 5.75 Å². The number of alkyl halides is 5. The molecule has 0 saturated heterocycles. The van der Waals surface area contributed by atoms with Crippen molar-refractivity contribution in [1.29, 1.82) is 0 Å². The first-order chi connectivity index (χ1) is 7.70. The van der Waals surface area contributed by atoms with Gasteiger partial charge in [0, 0.05) is 0 Å². The van der Waals surface area contributed by atoms with Crippen LogP contribution in [0.1, 0.15) is 11.6 Å². The number of hydrogen-bond acceptors (Lipinski definition) is 2. The van der Waals surface area contributed by atoms with Crippen LogP contribution in [0.3, 0.4) is 0 Å². The molecule has 1 aromatic rings. The SMILES string of the molecule is Cl.N[C@H](c1ccc(OC(F)(F)F)c(Cl)c1)C(F)F. The predicted molar refractivity (Wildman–Crippen MR) is 58.3 cm³/mol. The molecule has 1 atom stereocenters. The van der Waals surface area contributed by atoms with Crippen LogP contribution in [-0.4, -0.2) is 12.8 Å². The second-order valence-corrected chi connectivity index (χ2v) is 3.51. The van der Waals surface area contributed by atoms with Crippen molar-refractivity contribution in [2.45, 2.75) is 18.8 Å². The maximum atomic E-state index is 12.2. The Kier molecular flexibility index (Phi) is 6.12. The van der Waals surface area contributed by atoms with Gasteiger partial charge in [-0.25, -0.2) is 8.78 Å². The molecule has 0 spiro atoms. The van der Waals surface area contributed by atoms with Crippen LogP contribution in [-0.2, 0) is 0 Å². The molecule has 2 N–H and O–H groups in total. The second kappa shape index (κ2) is 6.40. The first-order valence-electron chi connectivity index (χ1n) is 4.29. The maximum absolute atomic E-state index is 12.2. The second-order valence-electron chi connectivity index (χ2n) is 3.10. The highest BCUT2D eigenvalue weighted by Gasteiger charge is 2.32. The van der Waals surface area contributed by atoms with Crippen LogP contribution in [0.15, 0.2) is 18.2 Å². The fraction of sp³-hybridized carbons (Fsp3) is 0.333. The topological polar surface area (TPSA) is 35.2 Å². The lowest BCUT2D eigenvalue weighted by Crippen LogP contribution is -2.20. The lowest BCUT2D eigenvalue weighted by atomic mass is 10.1. The smallest absolute Gasteiger partial charge is 0.404 e. The summed E-state index contributed by atoms with van der Waals surface area (Å²) in [6.45, 7) is 0. The molecule has 0 aromatic heterocycles. The van der Waals surface area contributed by atoms with E-state index in [1.165, 1.54) is 0 Å². The number of halogens is 7. The van der Waals surface area contributed by atoms with Gasteiger partial charge in [-0.15, -0.1) is 25.6 Å². The van der Waals surface area contributed by atoms with Gasteiger partial charge in [-0.1, -0.05) is 17.7 Å². The van der Waals surface area contributed by atoms with E-state index < -0.39 is 29.6 Å². The van der Waals surface area contributed by atoms with Gasteiger partial charge in [-0.05, 0) is 17.7 Å². The summed E-state index contributed by atoms with van der Waals surface area (Å²) >= 11 is 5.46. The van der Waals surface area contributed by atoms with Crippen LogP contribution in [0, 0.1) is 0 Å². The monoisotopic (exact) mass is 311 g/mol. The van der Waals surface area contributed by atoms with Crippen LogP contribution in [0.5, 0.6) is 5.75 Å². The molecule has 0 aliphatic carbocycles. The van der Waals surface area contributed by atoms with Crippen molar-refractivity contribution in [2.75, 3.05) is 0 Å². The van der Waals surface area contributed by atoms with Gasteiger partial charge < -0.3 is 10.5 Å². The van der Waals surface area contributed by atoms with Crippen molar-refractivity contribution in [2.24, 2.45) is 5.73 Å². The Labute approximate surface area is 110 Å². The molecule has 18 heavy (non-hydrogen) atoms. The molecule has 0 unspecified atom stereocenters. The molecular weight excluding hydrogens is 304 g/mol. The van der Waals surface area contributed by atoms with Gasteiger partial charge in [0.05, 0.1) is 11.1 Å². The quantitative estimate of drug-likeness (QED) is 0.859. The number of hydrogen-bond donors (Lipinski definition) is 1. The average Bonchev–Trinajstić information content (AvgIpc) is 2.18. The van der Waals surface area contributed by atoms with Crippen LogP contribution in [0.4, 0.5) is 22.0 Å². The summed E-state index contributed by atoms with van der Waals surface area (Å²) in [6.07, 6.45) is -7.73. The van der Waals surface area contributed by atoms with E-state index in [9.17, 15) is 22.0 Å². The van der Waals surface area contributed by atoms with E-state index in [0.717, 1.165) is 18.2 Å². The van der Waals surface area contributed by atoms with E-state index in [2.05, 4.69) is 4.74 Å². The number of rotatable bonds is 3. The number of nitrogens with two attached hydrogens (primary N) is 1. The van der Waals surface area contributed by atoms with Gasteiger partial charge in [-0.3, -0.25) is 0 Å². The van der Waals surface area contributed by atoms with Gasteiger partial charge >= 0.3 is 6.36 Å². The Morgan fingerprint density at radius 2 is 1.78 bits per heavy atom. The summed E-state index contributed by atoms with van der Waals surface area (Å²) in [6, 6.07) is 1.16. The highest BCUT2D eigenvalue weighted by atomic mass is 35.5. The third-order valence-electron chi connectivity index (χ3n) is 1.84. The molecule has 9 heteroatoms. The minimum Gasteiger partial charge on any atom is -0.404 e. The lowest BCUT2D eigenvalue weighted by molar-refractivity contribution is -0.274. The van der Waals surface area contributed by atoms with Crippen LogP contribution < -0.4 is 10.5 Å². The number of ether oxygens (including phenoxy) is 1. The van der Waals surface area contributed by atoms with Crippen molar-refractivity contribution in [3.8, 4) is 5.75 Å². The summed E-state index contributed by atoms with van der Waals surface area (Å²) < 4.78 is 63.7. The zero-order chi connectivity index (χ0) is 13.2. The summed E-state index contributed by atoms with van der Waals surface area (Å²) in [5.41, 5.74) is 5.04. The number of benzene rings is 1. The molecular formula is C9H8Cl2F5NO. The minimum absolute atomic E-state index is 0. The van der Waals surface area contributed by atoms with E-state index in [1.54, 1.807) is 0 Å². The zero-order valence-corrected chi connectivity index (χ0v) is 10.1. The van der Waals surface area contributed by atoms with E-state index in [-0.39, 0.29) is 18.0 Å². The lowest BCUT2D eigenvalue weighted by Gasteiger charge is -2.14. The van der Waals surface area contributed by atoms with Gasteiger partial charge in [0.2, 0.25) is 0 Å². The molecule has 0 fully saturated rings. The van der Waals surface area contributed by atoms with Crippen molar-refractivity contribution in [1.82, 2.24) is 0 Å². The van der Waals surface area contributed by atoms with Crippen LogP contribution in [0.25, 0.3) is 0 Å². The highest BCUT2D eigenvalue weighted by molar-refractivity contribution is 6.32. The molecule has 0 bridgehead atoms.